The molecular formula is C15H10ClF3N2. The van der Waals surface area contributed by atoms with E-state index >= 15 is 0 Å². The Kier molecular flexibility index (Phi) is 3.17. The maximum atomic E-state index is 12.8. The van der Waals surface area contributed by atoms with Gasteiger partial charge >= 0.3 is 6.18 Å². The monoisotopic (exact) mass is 310 g/mol. The van der Waals surface area contributed by atoms with Gasteiger partial charge in [0.2, 0.25) is 0 Å². The highest BCUT2D eigenvalue weighted by Gasteiger charge is 2.30. The van der Waals surface area contributed by atoms with Crippen molar-refractivity contribution in [3.63, 3.8) is 0 Å². The van der Waals surface area contributed by atoms with Gasteiger partial charge in [-0.25, -0.2) is 4.98 Å². The Morgan fingerprint density at radius 3 is 2.62 bits per heavy atom. The summed E-state index contributed by atoms with van der Waals surface area (Å²) in [5, 5.41) is 0.278. The summed E-state index contributed by atoms with van der Waals surface area (Å²) in [5.41, 5.74) is 1.28. The van der Waals surface area contributed by atoms with Crippen LogP contribution in [0.2, 0.25) is 5.15 Å². The van der Waals surface area contributed by atoms with Crippen molar-refractivity contribution >= 4 is 17.1 Å². The SMILES string of the molecule is Cc1cccn2c(-c3cccc(C(F)(F)F)c3)nc(Cl)c12. The topological polar surface area (TPSA) is 17.3 Å². The summed E-state index contributed by atoms with van der Waals surface area (Å²) in [4.78, 5) is 4.21. The Morgan fingerprint density at radius 2 is 1.90 bits per heavy atom. The largest absolute Gasteiger partial charge is 0.416 e. The van der Waals surface area contributed by atoms with E-state index in [1.54, 1.807) is 22.7 Å². The van der Waals surface area contributed by atoms with Crippen LogP contribution in [0.5, 0.6) is 0 Å². The van der Waals surface area contributed by atoms with Gasteiger partial charge in [0, 0.05) is 11.8 Å². The molecule has 0 spiro atoms. The lowest BCUT2D eigenvalue weighted by Gasteiger charge is -2.08. The van der Waals surface area contributed by atoms with Crippen molar-refractivity contribution in [2.75, 3.05) is 0 Å². The van der Waals surface area contributed by atoms with Crippen molar-refractivity contribution in [2.45, 2.75) is 13.1 Å². The molecule has 0 aliphatic rings. The molecule has 0 aliphatic carbocycles. The average Bonchev–Trinajstić information content (AvgIpc) is 2.77. The Labute approximate surface area is 123 Å². The van der Waals surface area contributed by atoms with E-state index in [2.05, 4.69) is 4.98 Å². The van der Waals surface area contributed by atoms with Crippen LogP contribution in [0.3, 0.4) is 0 Å². The van der Waals surface area contributed by atoms with Crippen molar-refractivity contribution in [1.82, 2.24) is 9.38 Å². The molecule has 6 heteroatoms. The number of fused-ring (bicyclic) bond motifs is 1. The molecule has 0 fully saturated rings. The predicted octanol–water partition coefficient (Wildman–Crippen LogP) is 4.98. The van der Waals surface area contributed by atoms with Gasteiger partial charge in [0.1, 0.15) is 5.82 Å². The Morgan fingerprint density at radius 1 is 1.14 bits per heavy atom. The number of aryl methyl sites for hydroxylation is 1. The molecule has 2 aromatic heterocycles. The van der Waals surface area contributed by atoms with Crippen LogP contribution < -0.4 is 0 Å². The lowest BCUT2D eigenvalue weighted by Crippen LogP contribution is -2.04. The molecule has 0 amide bonds. The molecular weight excluding hydrogens is 301 g/mol. The molecule has 0 bridgehead atoms. The highest BCUT2D eigenvalue weighted by atomic mass is 35.5. The third-order valence-electron chi connectivity index (χ3n) is 3.27. The minimum Gasteiger partial charge on any atom is -0.298 e. The van der Waals surface area contributed by atoms with E-state index in [0.717, 1.165) is 17.7 Å². The smallest absolute Gasteiger partial charge is 0.298 e. The van der Waals surface area contributed by atoms with Gasteiger partial charge in [-0.1, -0.05) is 29.8 Å². The normalized spacial score (nSPS) is 12.0. The Balaban J connectivity index is 2.25. The minimum absolute atomic E-state index is 0.278. The molecule has 0 atom stereocenters. The minimum atomic E-state index is -4.39. The number of hydrogen-bond acceptors (Lipinski definition) is 1. The van der Waals surface area contributed by atoms with Crippen LogP contribution in [0.4, 0.5) is 13.2 Å². The summed E-state index contributed by atoms with van der Waals surface area (Å²) in [6.45, 7) is 1.87. The molecule has 0 saturated carbocycles. The van der Waals surface area contributed by atoms with E-state index in [1.165, 1.54) is 6.07 Å². The van der Waals surface area contributed by atoms with Crippen LogP contribution in [-0.4, -0.2) is 9.38 Å². The highest BCUT2D eigenvalue weighted by Crippen LogP contribution is 2.33. The fourth-order valence-corrected chi connectivity index (χ4v) is 2.61. The molecule has 108 valence electrons. The first kappa shape index (κ1) is 13.9. The van der Waals surface area contributed by atoms with Crippen LogP contribution in [0.1, 0.15) is 11.1 Å². The molecule has 0 aliphatic heterocycles. The number of imidazole rings is 1. The van der Waals surface area contributed by atoms with E-state index in [9.17, 15) is 13.2 Å². The Hall–Kier alpha value is -2.01. The third kappa shape index (κ3) is 2.38. The van der Waals surface area contributed by atoms with Gasteiger partial charge in [0.15, 0.2) is 5.15 Å². The lowest BCUT2D eigenvalue weighted by molar-refractivity contribution is -0.137. The standard InChI is InChI=1S/C15H10ClF3N2/c1-9-4-3-7-21-12(9)13(16)20-14(21)10-5-2-6-11(8-10)15(17,18)19/h2-8H,1H3. The average molecular weight is 311 g/mol. The number of nitrogens with zero attached hydrogens (tertiary/aromatic N) is 2. The fraction of sp³-hybridized carbons (Fsp3) is 0.133. The molecule has 0 unspecified atom stereocenters. The van der Waals surface area contributed by atoms with Gasteiger partial charge in [-0.2, -0.15) is 13.2 Å². The summed E-state index contributed by atoms with van der Waals surface area (Å²) < 4.78 is 40.1. The van der Waals surface area contributed by atoms with E-state index in [-0.39, 0.29) is 5.15 Å². The predicted molar refractivity (Wildman–Crippen MR) is 75.4 cm³/mol. The summed E-state index contributed by atoms with van der Waals surface area (Å²) >= 11 is 6.11. The lowest BCUT2D eigenvalue weighted by atomic mass is 10.1. The van der Waals surface area contributed by atoms with Gasteiger partial charge < -0.3 is 0 Å². The highest BCUT2D eigenvalue weighted by molar-refractivity contribution is 6.33. The molecule has 3 rings (SSSR count). The maximum Gasteiger partial charge on any atom is 0.416 e. The zero-order valence-electron chi connectivity index (χ0n) is 10.9. The van der Waals surface area contributed by atoms with Crippen LogP contribution in [0, 0.1) is 6.92 Å². The van der Waals surface area contributed by atoms with Crippen LogP contribution in [0.25, 0.3) is 16.9 Å². The van der Waals surface area contributed by atoms with E-state index in [1.807, 2.05) is 13.0 Å². The number of alkyl halides is 3. The molecule has 0 radical (unpaired) electrons. The van der Waals surface area contributed by atoms with E-state index in [4.69, 9.17) is 11.6 Å². The van der Waals surface area contributed by atoms with Gasteiger partial charge in [0.25, 0.3) is 0 Å². The zero-order chi connectivity index (χ0) is 15.2. The van der Waals surface area contributed by atoms with Crippen LogP contribution >= 0.6 is 11.6 Å². The third-order valence-corrected chi connectivity index (χ3v) is 3.54. The number of pyridine rings is 1. The summed E-state index contributed by atoms with van der Waals surface area (Å²) in [6.07, 6.45) is -2.65. The Bertz CT molecular complexity index is 821. The second kappa shape index (κ2) is 4.77. The quantitative estimate of drug-likeness (QED) is 0.619. The van der Waals surface area contributed by atoms with Gasteiger partial charge in [0.05, 0.1) is 11.1 Å². The first-order valence-electron chi connectivity index (χ1n) is 6.19. The molecule has 21 heavy (non-hydrogen) atoms. The number of benzene rings is 1. The zero-order valence-corrected chi connectivity index (χ0v) is 11.7. The van der Waals surface area contributed by atoms with Crippen LogP contribution in [-0.2, 0) is 6.18 Å². The van der Waals surface area contributed by atoms with Gasteiger partial charge in [-0.05, 0) is 30.7 Å². The van der Waals surface area contributed by atoms with E-state index < -0.39 is 11.7 Å². The second-order valence-corrected chi connectivity index (χ2v) is 5.07. The summed E-state index contributed by atoms with van der Waals surface area (Å²) in [5.74, 6) is 0.393. The summed E-state index contributed by atoms with van der Waals surface area (Å²) in [6, 6.07) is 8.74. The molecule has 0 N–H and O–H groups in total. The molecule has 2 heterocycles. The van der Waals surface area contributed by atoms with Crippen LogP contribution in [0.15, 0.2) is 42.6 Å². The van der Waals surface area contributed by atoms with Gasteiger partial charge in [-0.3, -0.25) is 4.40 Å². The molecule has 2 nitrogen and oxygen atoms in total. The molecule has 1 aromatic carbocycles. The van der Waals surface area contributed by atoms with Crippen molar-refractivity contribution < 1.29 is 13.2 Å². The van der Waals surface area contributed by atoms with Crippen molar-refractivity contribution in [2.24, 2.45) is 0 Å². The van der Waals surface area contributed by atoms with Crippen molar-refractivity contribution in [1.29, 1.82) is 0 Å². The maximum absolute atomic E-state index is 12.8. The second-order valence-electron chi connectivity index (χ2n) is 4.71. The van der Waals surface area contributed by atoms with Gasteiger partial charge in [-0.15, -0.1) is 0 Å². The summed E-state index contributed by atoms with van der Waals surface area (Å²) in [7, 11) is 0. The number of rotatable bonds is 1. The number of aromatic nitrogens is 2. The number of halogens is 4. The van der Waals surface area contributed by atoms with Crippen molar-refractivity contribution in [3.8, 4) is 11.4 Å². The fourth-order valence-electron chi connectivity index (χ4n) is 2.29. The first-order chi connectivity index (χ1) is 9.88. The van der Waals surface area contributed by atoms with Crippen molar-refractivity contribution in [3.05, 3.63) is 58.9 Å². The number of hydrogen-bond donors (Lipinski definition) is 0. The van der Waals surface area contributed by atoms with E-state index in [0.29, 0.717) is 16.9 Å². The first-order valence-corrected chi connectivity index (χ1v) is 6.56. The molecule has 3 aromatic rings. The molecule has 0 saturated heterocycles.